The Hall–Kier alpha value is -3.81. The third kappa shape index (κ3) is 4.44. The third-order valence-electron chi connectivity index (χ3n) is 4.52. The van der Waals surface area contributed by atoms with Gasteiger partial charge in [-0.1, -0.05) is 0 Å². The molecule has 0 bridgehead atoms. The van der Waals surface area contributed by atoms with Crippen molar-refractivity contribution in [2.24, 2.45) is 0 Å². The van der Waals surface area contributed by atoms with Gasteiger partial charge in [0.2, 0.25) is 6.10 Å². The van der Waals surface area contributed by atoms with Gasteiger partial charge in [0.05, 0.1) is 13.4 Å². The minimum atomic E-state index is -1.63. The van der Waals surface area contributed by atoms with Gasteiger partial charge in [-0.3, -0.25) is 19.0 Å². The van der Waals surface area contributed by atoms with Crippen LogP contribution in [-0.4, -0.2) is 74.9 Å². The molecule has 14 heteroatoms. The summed E-state index contributed by atoms with van der Waals surface area (Å²) in [5, 5.41) is 0. The Morgan fingerprint density at radius 2 is 1.69 bits per heavy atom. The summed E-state index contributed by atoms with van der Waals surface area (Å²) in [6.07, 6.45) is -4.30. The molecule has 14 nitrogen and oxygen atoms in total. The van der Waals surface area contributed by atoms with E-state index in [9.17, 15) is 19.2 Å². The van der Waals surface area contributed by atoms with Gasteiger partial charge < -0.3 is 29.4 Å². The standard InChI is InChI=1S/C18H21N5O9/c1-7(24)29-11-12(14(18(27)28-4)31-9(3)26)32-17(13(11)30-8(2)25)23-6-22-10-15(19)20-5-21-16(10)23/h5-6,11-14,17H,1-4H3,(H2,19,20,21)/t11-,12-,13+,14-,17+/m0/s1. The number of carbonyl (C=O) groups excluding carboxylic acids is 4. The number of rotatable bonds is 6. The molecule has 5 atom stereocenters. The molecule has 1 aliphatic rings. The maximum atomic E-state index is 12.4. The van der Waals surface area contributed by atoms with Crippen LogP contribution in [0.25, 0.3) is 11.2 Å². The van der Waals surface area contributed by atoms with Crippen molar-refractivity contribution in [2.75, 3.05) is 12.8 Å². The number of nitrogen functional groups attached to an aromatic ring is 1. The molecule has 0 amide bonds. The number of ether oxygens (including phenoxy) is 5. The minimum Gasteiger partial charge on any atom is -0.466 e. The van der Waals surface area contributed by atoms with Crippen LogP contribution in [0.3, 0.4) is 0 Å². The molecule has 0 aromatic carbocycles. The first kappa shape index (κ1) is 22.9. The quantitative estimate of drug-likeness (QED) is 0.429. The number of esters is 4. The van der Waals surface area contributed by atoms with Gasteiger partial charge in [0, 0.05) is 20.8 Å². The monoisotopic (exact) mass is 451 g/mol. The molecule has 2 aromatic rings. The van der Waals surface area contributed by atoms with Crippen LogP contribution in [0.4, 0.5) is 5.82 Å². The van der Waals surface area contributed by atoms with E-state index in [1.807, 2.05) is 0 Å². The number of methoxy groups -OCH3 is 1. The predicted molar refractivity (Wildman–Crippen MR) is 102 cm³/mol. The van der Waals surface area contributed by atoms with Crippen molar-refractivity contribution >= 4 is 40.9 Å². The number of aromatic nitrogens is 4. The van der Waals surface area contributed by atoms with E-state index in [0.29, 0.717) is 0 Å². The SMILES string of the molecule is COC(=O)[C@@H](OC(C)=O)[C@H]1O[C@@H](n2cnc3c(N)ncnc32)[C@H](OC(C)=O)[C@H]1OC(C)=O. The topological polar surface area (TPSA) is 184 Å². The maximum absolute atomic E-state index is 12.4. The van der Waals surface area contributed by atoms with Crippen LogP contribution in [0.2, 0.25) is 0 Å². The lowest BCUT2D eigenvalue weighted by atomic mass is 10.0. The molecule has 0 unspecified atom stereocenters. The van der Waals surface area contributed by atoms with Crippen LogP contribution in [0, 0.1) is 0 Å². The molecule has 3 rings (SSSR count). The van der Waals surface area contributed by atoms with Gasteiger partial charge in [-0.2, -0.15) is 0 Å². The van der Waals surface area contributed by atoms with Gasteiger partial charge in [0.1, 0.15) is 17.9 Å². The van der Waals surface area contributed by atoms with Gasteiger partial charge in [-0.25, -0.2) is 19.7 Å². The smallest absolute Gasteiger partial charge is 0.350 e. The Balaban J connectivity index is 2.12. The van der Waals surface area contributed by atoms with Crippen molar-refractivity contribution in [3.63, 3.8) is 0 Å². The fourth-order valence-corrected chi connectivity index (χ4v) is 3.38. The van der Waals surface area contributed by atoms with E-state index in [1.54, 1.807) is 0 Å². The van der Waals surface area contributed by atoms with E-state index in [2.05, 4.69) is 15.0 Å². The van der Waals surface area contributed by atoms with Crippen LogP contribution in [0.15, 0.2) is 12.7 Å². The fourth-order valence-electron chi connectivity index (χ4n) is 3.38. The molecule has 172 valence electrons. The Morgan fingerprint density at radius 1 is 1.03 bits per heavy atom. The first-order chi connectivity index (χ1) is 15.1. The van der Waals surface area contributed by atoms with E-state index in [4.69, 9.17) is 29.4 Å². The first-order valence-electron chi connectivity index (χ1n) is 9.32. The van der Waals surface area contributed by atoms with Crippen LogP contribution < -0.4 is 5.73 Å². The van der Waals surface area contributed by atoms with E-state index in [1.165, 1.54) is 17.2 Å². The molecule has 0 spiro atoms. The summed E-state index contributed by atoms with van der Waals surface area (Å²) in [6.45, 7) is 3.34. The third-order valence-corrected chi connectivity index (χ3v) is 4.52. The van der Waals surface area contributed by atoms with Gasteiger partial charge >= 0.3 is 23.9 Å². The number of imidazole rings is 1. The zero-order valence-corrected chi connectivity index (χ0v) is 17.6. The Bertz CT molecular complexity index is 1050. The average Bonchev–Trinajstić information content (AvgIpc) is 3.28. The second kappa shape index (κ2) is 9.13. The highest BCUT2D eigenvalue weighted by atomic mass is 16.7. The van der Waals surface area contributed by atoms with Gasteiger partial charge in [0.25, 0.3) is 0 Å². The molecule has 1 fully saturated rings. The van der Waals surface area contributed by atoms with Crippen molar-refractivity contribution in [1.29, 1.82) is 0 Å². The molecule has 1 aliphatic heterocycles. The molecule has 32 heavy (non-hydrogen) atoms. The van der Waals surface area contributed by atoms with Crippen molar-refractivity contribution in [2.45, 2.75) is 51.4 Å². The van der Waals surface area contributed by atoms with Crippen molar-refractivity contribution in [1.82, 2.24) is 19.5 Å². The summed E-state index contributed by atoms with van der Waals surface area (Å²) in [5.74, 6) is -3.16. The van der Waals surface area contributed by atoms with Crippen LogP contribution in [-0.2, 0) is 42.9 Å². The summed E-state index contributed by atoms with van der Waals surface area (Å²) >= 11 is 0. The van der Waals surface area contributed by atoms with Crippen LogP contribution >= 0.6 is 0 Å². The Labute approximate surface area is 180 Å². The molecular formula is C18H21N5O9. The Morgan fingerprint density at radius 3 is 2.28 bits per heavy atom. The number of nitrogens with two attached hydrogens (primary N) is 1. The average molecular weight is 451 g/mol. The molecule has 0 radical (unpaired) electrons. The number of hydrogen-bond donors (Lipinski definition) is 1. The van der Waals surface area contributed by atoms with Gasteiger partial charge in [-0.05, 0) is 0 Å². The number of carbonyl (C=O) groups is 4. The zero-order valence-electron chi connectivity index (χ0n) is 17.6. The summed E-state index contributed by atoms with van der Waals surface area (Å²) in [4.78, 5) is 59.7. The highest BCUT2D eigenvalue weighted by molar-refractivity contribution is 5.81. The number of nitrogens with zero attached hydrogens (tertiary/aromatic N) is 4. The zero-order chi connectivity index (χ0) is 23.6. The molecule has 0 saturated carbocycles. The van der Waals surface area contributed by atoms with Crippen molar-refractivity contribution in [3.05, 3.63) is 12.7 Å². The van der Waals surface area contributed by atoms with E-state index in [0.717, 1.165) is 27.9 Å². The largest absolute Gasteiger partial charge is 0.466 e. The summed E-state index contributed by atoms with van der Waals surface area (Å²) in [6, 6.07) is 0. The Kier molecular flexibility index (Phi) is 6.53. The maximum Gasteiger partial charge on any atom is 0.350 e. The molecule has 2 aromatic heterocycles. The second-order valence-corrected chi connectivity index (χ2v) is 6.78. The van der Waals surface area contributed by atoms with E-state index in [-0.39, 0.29) is 17.0 Å². The highest BCUT2D eigenvalue weighted by Crippen LogP contribution is 2.38. The molecular weight excluding hydrogens is 430 g/mol. The number of fused-ring (bicyclic) bond motifs is 1. The van der Waals surface area contributed by atoms with Crippen LogP contribution in [0.1, 0.15) is 27.0 Å². The van der Waals surface area contributed by atoms with Gasteiger partial charge in [-0.15, -0.1) is 0 Å². The second-order valence-electron chi connectivity index (χ2n) is 6.78. The number of hydrogen-bond acceptors (Lipinski definition) is 13. The molecule has 2 N–H and O–H groups in total. The minimum absolute atomic E-state index is 0.0937. The number of anilines is 1. The van der Waals surface area contributed by atoms with Crippen LogP contribution in [0.5, 0.6) is 0 Å². The highest BCUT2D eigenvalue weighted by Gasteiger charge is 2.56. The lowest BCUT2D eigenvalue weighted by Crippen LogP contribution is -2.48. The molecule has 1 saturated heterocycles. The molecule has 3 heterocycles. The van der Waals surface area contributed by atoms with Gasteiger partial charge in [0.15, 0.2) is 29.9 Å². The van der Waals surface area contributed by atoms with Crippen molar-refractivity contribution in [3.8, 4) is 0 Å². The van der Waals surface area contributed by atoms with Crippen molar-refractivity contribution < 1.29 is 42.9 Å². The summed E-state index contributed by atoms with van der Waals surface area (Å²) in [5.41, 5.74) is 6.29. The van der Waals surface area contributed by atoms with E-state index < -0.39 is 54.5 Å². The fraction of sp³-hybridized carbons (Fsp3) is 0.500. The lowest BCUT2D eigenvalue weighted by Gasteiger charge is -2.26. The van der Waals surface area contributed by atoms with E-state index >= 15 is 0 Å². The lowest BCUT2D eigenvalue weighted by molar-refractivity contribution is -0.183. The first-order valence-corrected chi connectivity index (χ1v) is 9.32. The summed E-state index contributed by atoms with van der Waals surface area (Å²) in [7, 11) is 1.08. The predicted octanol–water partition coefficient (Wildman–Crippen LogP) is -0.726. The summed E-state index contributed by atoms with van der Waals surface area (Å²) < 4.78 is 27.8. The normalized spacial score (nSPS) is 23.4. The molecule has 0 aliphatic carbocycles.